The molecule has 1 amide bonds. The molecule has 2 aromatic rings. The van der Waals surface area contributed by atoms with Crippen molar-refractivity contribution in [3.8, 4) is 0 Å². The van der Waals surface area contributed by atoms with Gasteiger partial charge in [0, 0.05) is 35.4 Å². The Balaban J connectivity index is 1.95. The van der Waals surface area contributed by atoms with Gasteiger partial charge in [0.1, 0.15) is 4.88 Å². The van der Waals surface area contributed by atoms with Crippen LogP contribution in [0.3, 0.4) is 0 Å². The molecule has 0 aliphatic heterocycles. The molecule has 1 aromatic heterocycles. The van der Waals surface area contributed by atoms with Gasteiger partial charge in [-0.25, -0.2) is 0 Å². The number of ether oxygens (including phenoxy) is 1. The monoisotopic (exact) mass is 326 g/mol. The first-order chi connectivity index (χ1) is 10.1. The summed E-state index contributed by atoms with van der Waals surface area (Å²) in [7, 11) is 1.69. The molecule has 1 aromatic carbocycles. The van der Waals surface area contributed by atoms with Gasteiger partial charge in [0.2, 0.25) is 0 Å². The molecule has 0 saturated heterocycles. The van der Waals surface area contributed by atoms with E-state index in [-0.39, 0.29) is 5.91 Å². The average Bonchev–Trinajstić information content (AvgIpc) is 2.79. The van der Waals surface area contributed by atoms with Crippen molar-refractivity contribution in [3.05, 3.63) is 28.1 Å². The second-order valence-electron chi connectivity index (χ2n) is 4.79. The van der Waals surface area contributed by atoms with Crippen molar-refractivity contribution in [1.82, 2.24) is 5.32 Å². The third kappa shape index (κ3) is 4.09. The van der Waals surface area contributed by atoms with Crippen molar-refractivity contribution >= 4 is 44.6 Å². The van der Waals surface area contributed by atoms with Crippen molar-refractivity contribution in [2.24, 2.45) is 0 Å². The molecule has 3 N–H and O–H groups in total. The standard InChI is InChI=1S/C15H19ClN2O2S/c1-20-8-4-2-3-7-18-15(19)14-13(17)11-9-10(16)5-6-12(11)21-14/h5-6,9H,2-4,7-8,17H2,1H3,(H,18,19). The number of benzene rings is 1. The van der Waals surface area contributed by atoms with Crippen molar-refractivity contribution in [3.63, 3.8) is 0 Å². The van der Waals surface area contributed by atoms with E-state index in [9.17, 15) is 4.79 Å². The SMILES string of the molecule is COCCCCCNC(=O)c1sc2ccc(Cl)cc2c1N. The fourth-order valence-corrected chi connectivity index (χ4v) is 3.28. The lowest BCUT2D eigenvalue weighted by Gasteiger charge is -2.04. The summed E-state index contributed by atoms with van der Waals surface area (Å²) in [4.78, 5) is 12.7. The molecule has 0 unspecified atom stereocenters. The molecule has 0 aliphatic carbocycles. The summed E-state index contributed by atoms with van der Waals surface area (Å²) in [6.45, 7) is 1.41. The quantitative estimate of drug-likeness (QED) is 0.763. The maximum absolute atomic E-state index is 12.2. The van der Waals surface area contributed by atoms with Crippen molar-refractivity contribution in [1.29, 1.82) is 0 Å². The first kappa shape index (κ1) is 16.1. The van der Waals surface area contributed by atoms with Gasteiger partial charge in [0.15, 0.2) is 0 Å². The minimum absolute atomic E-state index is 0.114. The number of rotatable bonds is 7. The van der Waals surface area contributed by atoms with Crippen LogP contribution in [0.5, 0.6) is 0 Å². The highest BCUT2D eigenvalue weighted by Crippen LogP contribution is 2.35. The Kier molecular flexibility index (Phi) is 5.85. The normalized spacial score (nSPS) is 11.0. The van der Waals surface area contributed by atoms with E-state index in [1.165, 1.54) is 11.3 Å². The first-order valence-electron chi connectivity index (χ1n) is 6.88. The molecule has 1 heterocycles. The van der Waals surface area contributed by atoms with Crippen molar-refractivity contribution in [2.75, 3.05) is 26.0 Å². The number of nitrogen functional groups attached to an aromatic ring is 1. The third-order valence-electron chi connectivity index (χ3n) is 3.21. The number of anilines is 1. The Morgan fingerprint density at radius 1 is 1.38 bits per heavy atom. The number of nitrogens with two attached hydrogens (primary N) is 1. The molecule has 0 spiro atoms. The summed E-state index contributed by atoms with van der Waals surface area (Å²) in [5.74, 6) is -0.114. The Morgan fingerprint density at radius 2 is 2.19 bits per heavy atom. The molecule has 6 heteroatoms. The maximum atomic E-state index is 12.2. The Morgan fingerprint density at radius 3 is 2.95 bits per heavy atom. The predicted molar refractivity (Wildman–Crippen MR) is 89.3 cm³/mol. The van der Waals surface area contributed by atoms with Gasteiger partial charge in [-0.15, -0.1) is 11.3 Å². The smallest absolute Gasteiger partial charge is 0.263 e. The molecule has 2 rings (SSSR count). The van der Waals surface area contributed by atoms with E-state index in [1.807, 2.05) is 6.07 Å². The van der Waals surface area contributed by atoms with Gasteiger partial charge in [-0.3, -0.25) is 4.79 Å². The van der Waals surface area contributed by atoms with E-state index >= 15 is 0 Å². The second-order valence-corrected chi connectivity index (χ2v) is 6.28. The topological polar surface area (TPSA) is 64.3 Å². The van der Waals surface area contributed by atoms with E-state index in [4.69, 9.17) is 22.1 Å². The summed E-state index contributed by atoms with van der Waals surface area (Å²) in [5.41, 5.74) is 6.56. The van der Waals surface area contributed by atoms with Gasteiger partial charge in [0.05, 0.1) is 5.69 Å². The lowest BCUT2D eigenvalue weighted by atomic mass is 10.2. The van der Waals surface area contributed by atoms with Gasteiger partial charge in [0.25, 0.3) is 5.91 Å². The number of nitrogens with one attached hydrogen (secondary N) is 1. The number of amides is 1. The summed E-state index contributed by atoms with van der Waals surface area (Å²) < 4.78 is 5.96. The van der Waals surface area contributed by atoms with Crippen LogP contribution in [-0.4, -0.2) is 26.2 Å². The molecule has 114 valence electrons. The van der Waals surface area contributed by atoms with E-state index < -0.39 is 0 Å². The molecule has 0 radical (unpaired) electrons. The summed E-state index contributed by atoms with van der Waals surface area (Å²) in [6, 6.07) is 5.49. The summed E-state index contributed by atoms with van der Waals surface area (Å²) >= 11 is 7.36. The number of halogens is 1. The molecule has 0 atom stereocenters. The minimum Gasteiger partial charge on any atom is -0.397 e. The Bertz CT molecular complexity index is 627. The zero-order chi connectivity index (χ0) is 15.2. The van der Waals surface area contributed by atoms with Gasteiger partial charge in [-0.1, -0.05) is 11.6 Å². The lowest BCUT2D eigenvalue weighted by molar-refractivity contribution is 0.0957. The van der Waals surface area contributed by atoms with Crippen LogP contribution in [0.25, 0.3) is 10.1 Å². The highest BCUT2D eigenvalue weighted by atomic mass is 35.5. The molecule has 0 aliphatic rings. The zero-order valence-electron chi connectivity index (χ0n) is 11.9. The molecular weight excluding hydrogens is 308 g/mol. The third-order valence-corrected chi connectivity index (χ3v) is 4.63. The van der Waals surface area contributed by atoms with Crippen LogP contribution < -0.4 is 11.1 Å². The predicted octanol–water partition coefficient (Wildman–Crippen LogP) is 3.68. The van der Waals surface area contributed by atoms with Crippen molar-refractivity contribution in [2.45, 2.75) is 19.3 Å². The van der Waals surface area contributed by atoms with Crippen LogP contribution in [0.4, 0.5) is 5.69 Å². The van der Waals surface area contributed by atoms with Crippen LogP contribution >= 0.6 is 22.9 Å². The highest BCUT2D eigenvalue weighted by molar-refractivity contribution is 7.21. The zero-order valence-corrected chi connectivity index (χ0v) is 13.5. The first-order valence-corrected chi connectivity index (χ1v) is 8.07. The van der Waals surface area contributed by atoms with Crippen LogP contribution in [0.1, 0.15) is 28.9 Å². The highest BCUT2D eigenvalue weighted by Gasteiger charge is 2.16. The number of carbonyl (C=O) groups is 1. The van der Waals surface area contributed by atoms with Crippen LogP contribution in [0.15, 0.2) is 18.2 Å². The Labute approximate surface area is 133 Å². The second kappa shape index (κ2) is 7.64. The van der Waals surface area contributed by atoms with Gasteiger partial charge in [-0.05, 0) is 37.5 Å². The number of methoxy groups -OCH3 is 1. The molecule has 0 bridgehead atoms. The van der Waals surface area contributed by atoms with Gasteiger partial charge < -0.3 is 15.8 Å². The number of carbonyl (C=O) groups excluding carboxylic acids is 1. The number of fused-ring (bicyclic) bond motifs is 1. The largest absolute Gasteiger partial charge is 0.397 e. The van der Waals surface area contributed by atoms with E-state index in [1.54, 1.807) is 19.2 Å². The fourth-order valence-electron chi connectivity index (χ4n) is 2.09. The summed E-state index contributed by atoms with van der Waals surface area (Å²) in [5, 5.41) is 4.38. The number of unbranched alkanes of at least 4 members (excludes halogenated alkanes) is 2. The van der Waals surface area contributed by atoms with Gasteiger partial charge in [-0.2, -0.15) is 0 Å². The molecular formula is C15H19ClN2O2S. The lowest BCUT2D eigenvalue weighted by Crippen LogP contribution is -2.24. The van der Waals surface area contributed by atoms with Crippen LogP contribution in [-0.2, 0) is 4.74 Å². The molecule has 0 fully saturated rings. The molecule has 0 saturated carbocycles. The van der Waals surface area contributed by atoms with Crippen LogP contribution in [0, 0.1) is 0 Å². The summed E-state index contributed by atoms with van der Waals surface area (Å²) in [6.07, 6.45) is 2.98. The van der Waals surface area contributed by atoms with E-state index in [2.05, 4.69) is 5.32 Å². The minimum atomic E-state index is -0.114. The van der Waals surface area contributed by atoms with E-state index in [0.29, 0.717) is 22.1 Å². The number of hydrogen-bond acceptors (Lipinski definition) is 4. The van der Waals surface area contributed by atoms with Crippen LogP contribution in [0.2, 0.25) is 5.02 Å². The molecule has 4 nitrogen and oxygen atoms in total. The van der Waals surface area contributed by atoms with E-state index in [0.717, 1.165) is 36.0 Å². The van der Waals surface area contributed by atoms with Gasteiger partial charge >= 0.3 is 0 Å². The number of hydrogen-bond donors (Lipinski definition) is 2. The fraction of sp³-hybridized carbons (Fsp3) is 0.400. The number of thiophene rings is 1. The maximum Gasteiger partial charge on any atom is 0.263 e. The average molecular weight is 327 g/mol. The van der Waals surface area contributed by atoms with Crippen molar-refractivity contribution < 1.29 is 9.53 Å². The Hall–Kier alpha value is -1.30. The molecule has 21 heavy (non-hydrogen) atoms.